The van der Waals surface area contributed by atoms with Gasteiger partial charge in [0.05, 0.1) is 0 Å². The minimum absolute atomic E-state index is 0.842. The van der Waals surface area contributed by atoms with Gasteiger partial charge in [-0.25, -0.2) is 0 Å². The normalized spacial score (nSPS) is 14.4. The first-order valence-corrected chi connectivity index (χ1v) is 7.60. The van der Waals surface area contributed by atoms with Gasteiger partial charge in [-0.05, 0) is 54.5 Å². The molecule has 0 bridgehead atoms. The zero-order valence-electron chi connectivity index (χ0n) is 11.1. The Morgan fingerprint density at radius 2 is 1.84 bits per heavy atom. The molecule has 0 saturated heterocycles. The minimum Gasteiger partial charge on any atom is -0.381 e. The van der Waals surface area contributed by atoms with Gasteiger partial charge in [0, 0.05) is 16.7 Å². The summed E-state index contributed by atoms with van der Waals surface area (Å²) in [4.78, 5) is 0. The molecule has 0 aliphatic heterocycles. The average Bonchev–Trinajstić information content (AvgIpc) is 3.25. The topological polar surface area (TPSA) is 12.0 Å². The first kappa shape index (κ1) is 12.7. The summed E-state index contributed by atoms with van der Waals surface area (Å²) in [5, 5.41) is 3.50. The Balaban J connectivity index is 1.66. The van der Waals surface area contributed by atoms with Crippen LogP contribution in [0.1, 0.15) is 35.4 Å². The lowest BCUT2D eigenvalue weighted by Gasteiger charge is -2.10. The molecular formula is C17H18BrN. The van der Waals surface area contributed by atoms with Gasteiger partial charge in [0.1, 0.15) is 0 Å². The second kappa shape index (κ2) is 5.38. The standard InChI is InChI=1S/C17H18BrN/c1-12-2-9-16(18)10-17(12)19-11-13-3-5-14(6-4-13)15-7-8-15/h2-6,9-10,15,19H,7-8,11H2,1H3. The molecule has 0 radical (unpaired) electrons. The van der Waals surface area contributed by atoms with Gasteiger partial charge in [0.15, 0.2) is 0 Å². The molecular weight excluding hydrogens is 298 g/mol. The van der Waals surface area contributed by atoms with E-state index in [4.69, 9.17) is 0 Å². The van der Waals surface area contributed by atoms with E-state index in [1.54, 1.807) is 0 Å². The van der Waals surface area contributed by atoms with Crippen molar-refractivity contribution < 1.29 is 0 Å². The highest BCUT2D eigenvalue weighted by atomic mass is 79.9. The lowest BCUT2D eigenvalue weighted by atomic mass is 10.1. The third-order valence-electron chi connectivity index (χ3n) is 3.71. The van der Waals surface area contributed by atoms with E-state index in [2.05, 4.69) is 70.6 Å². The maximum Gasteiger partial charge on any atom is 0.0400 e. The van der Waals surface area contributed by atoms with Crippen molar-refractivity contribution in [2.75, 3.05) is 5.32 Å². The Morgan fingerprint density at radius 3 is 2.53 bits per heavy atom. The van der Waals surface area contributed by atoms with Crippen molar-refractivity contribution in [3.05, 3.63) is 63.6 Å². The first-order valence-electron chi connectivity index (χ1n) is 6.81. The number of aryl methyl sites for hydroxylation is 1. The number of halogens is 1. The van der Waals surface area contributed by atoms with Crippen LogP contribution < -0.4 is 5.32 Å². The molecule has 1 nitrogen and oxygen atoms in total. The lowest BCUT2D eigenvalue weighted by Crippen LogP contribution is -2.01. The number of hydrogen-bond acceptors (Lipinski definition) is 1. The molecule has 0 spiro atoms. The van der Waals surface area contributed by atoms with E-state index in [9.17, 15) is 0 Å². The lowest BCUT2D eigenvalue weighted by molar-refractivity contribution is 1.10. The maximum atomic E-state index is 3.51. The summed E-state index contributed by atoms with van der Waals surface area (Å²) in [7, 11) is 0. The Morgan fingerprint density at radius 1 is 1.11 bits per heavy atom. The fourth-order valence-electron chi connectivity index (χ4n) is 2.31. The summed E-state index contributed by atoms with van der Waals surface area (Å²) in [6.07, 6.45) is 2.74. The van der Waals surface area contributed by atoms with Crippen LogP contribution in [0.5, 0.6) is 0 Å². The molecule has 19 heavy (non-hydrogen) atoms. The number of nitrogens with one attached hydrogen (secondary N) is 1. The van der Waals surface area contributed by atoms with Gasteiger partial charge in [0.25, 0.3) is 0 Å². The Hall–Kier alpha value is -1.28. The van der Waals surface area contributed by atoms with E-state index >= 15 is 0 Å². The molecule has 2 aromatic carbocycles. The van der Waals surface area contributed by atoms with Gasteiger partial charge in [-0.3, -0.25) is 0 Å². The number of rotatable bonds is 4. The predicted molar refractivity (Wildman–Crippen MR) is 84.6 cm³/mol. The zero-order chi connectivity index (χ0) is 13.2. The Labute approximate surface area is 123 Å². The minimum atomic E-state index is 0.842. The van der Waals surface area contributed by atoms with Crippen molar-refractivity contribution >= 4 is 21.6 Å². The van der Waals surface area contributed by atoms with Crippen molar-refractivity contribution in [2.45, 2.75) is 32.2 Å². The largest absolute Gasteiger partial charge is 0.381 e. The first-order chi connectivity index (χ1) is 9.22. The van der Waals surface area contributed by atoms with Crippen LogP contribution in [0.15, 0.2) is 46.9 Å². The monoisotopic (exact) mass is 315 g/mol. The molecule has 0 heterocycles. The van der Waals surface area contributed by atoms with Crippen LogP contribution in [-0.4, -0.2) is 0 Å². The summed E-state index contributed by atoms with van der Waals surface area (Å²) in [5.74, 6) is 0.842. The van der Waals surface area contributed by atoms with Crippen LogP contribution in [0.25, 0.3) is 0 Å². The third-order valence-corrected chi connectivity index (χ3v) is 4.20. The SMILES string of the molecule is Cc1ccc(Br)cc1NCc1ccc(C2CC2)cc1. The van der Waals surface area contributed by atoms with Gasteiger partial charge in [-0.1, -0.05) is 46.3 Å². The van der Waals surface area contributed by atoms with Crippen LogP contribution in [0.4, 0.5) is 5.69 Å². The van der Waals surface area contributed by atoms with E-state index in [0.717, 1.165) is 16.9 Å². The molecule has 0 atom stereocenters. The molecule has 0 amide bonds. The molecule has 1 aliphatic rings. The van der Waals surface area contributed by atoms with E-state index in [0.29, 0.717) is 0 Å². The molecule has 0 aromatic heterocycles. The fourth-order valence-corrected chi connectivity index (χ4v) is 2.67. The molecule has 0 unspecified atom stereocenters. The van der Waals surface area contributed by atoms with E-state index in [-0.39, 0.29) is 0 Å². The van der Waals surface area contributed by atoms with Crippen molar-refractivity contribution in [3.63, 3.8) is 0 Å². The summed E-state index contributed by atoms with van der Waals surface area (Å²) in [5.41, 5.74) is 5.31. The summed E-state index contributed by atoms with van der Waals surface area (Å²) in [6, 6.07) is 15.4. The van der Waals surface area contributed by atoms with Crippen molar-refractivity contribution in [1.82, 2.24) is 0 Å². The number of hydrogen-bond donors (Lipinski definition) is 1. The summed E-state index contributed by atoms with van der Waals surface area (Å²) in [6.45, 7) is 3.01. The van der Waals surface area contributed by atoms with E-state index in [1.807, 2.05) is 0 Å². The fraction of sp³-hybridized carbons (Fsp3) is 0.294. The molecule has 2 heteroatoms. The second-order valence-corrected chi connectivity index (χ2v) is 6.24. The highest BCUT2D eigenvalue weighted by molar-refractivity contribution is 9.10. The molecule has 3 rings (SSSR count). The Bertz CT molecular complexity index is 570. The number of benzene rings is 2. The van der Waals surface area contributed by atoms with Crippen LogP contribution in [0.2, 0.25) is 0 Å². The van der Waals surface area contributed by atoms with Crippen LogP contribution >= 0.6 is 15.9 Å². The van der Waals surface area contributed by atoms with Crippen molar-refractivity contribution in [1.29, 1.82) is 0 Å². The van der Waals surface area contributed by atoms with Crippen LogP contribution in [0.3, 0.4) is 0 Å². The Kier molecular flexibility index (Phi) is 3.61. The average molecular weight is 316 g/mol. The number of anilines is 1. The molecule has 1 fully saturated rings. The van der Waals surface area contributed by atoms with Gasteiger partial charge < -0.3 is 5.32 Å². The van der Waals surface area contributed by atoms with E-state index < -0.39 is 0 Å². The molecule has 98 valence electrons. The summed E-state index contributed by atoms with van der Waals surface area (Å²) >= 11 is 3.51. The quantitative estimate of drug-likeness (QED) is 0.812. The smallest absolute Gasteiger partial charge is 0.0400 e. The highest BCUT2D eigenvalue weighted by Gasteiger charge is 2.22. The predicted octanol–water partition coefficient (Wildman–Crippen LogP) is 5.25. The van der Waals surface area contributed by atoms with Crippen LogP contribution in [-0.2, 0) is 6.54 Å². The van der Waals surface area contributed by atoms with Crippen molar-refractivity contribution in [2.24, 2.45) is 0 Å². The van der Waals surface area contributed by atoms with E-state index in [1.165, 1.54) is 35.2 Å². The van der Waals surface area contributed by atoms with Crippen molar-refractivity contribution in [3.8, 4) is 0 Å². The van der Waals surface area contributed by atoms with Crippen LogP contribution in [0, 0.1) is 6.92 Å². The van der Waals surface area contributed by atoms with Gasteiger partial charge in [0.2, 0.25) is 0 Å². The highest BCUT2D eigenvalue weighted by Crippen LogP contribution is 2.39. The van der Waals surface area contributed by atoms with Gasteiger partial charge in [-0.15, -0.1) is 0 Å². The van der Waals surface area contributed by atoms with Gasteiger partial charge in [-0.2, -0.15) is 0 Å². The summed E-state index contributed by atoms with van der Waals surface area (Å²) < 4.78 is 1.12. The maximum absolute atomic E-state index is 3.51. The molecule has 1 N–H and O–H groups in total. The molecule has 1 saturated carbocycles. The van der Waals surface area contributed by atoms with Gasteiger partial charge >= 0.3 is 0 Å². The second-order valence-electron chi connectivity index (χ2n) is 5.33. The molecule has 2 aromatic rings. The molecule has 1 aliphatic carbocycles. The zero-order valence-corrected chi connectivity index (χ0v) is 12.7. The third kappa shape index (κ3) is 3.19.